The summed E-state index contributed by atoms with van der Waals surface area (Å²) < 4.78 is 18.0. The summed E-state index contributed by atoms with van der Waals surface area (Å²) in [5.41, 5.74) is 3.86. The van der Waals surface area contributed by atoms with Crippen molar-refractivity contribution in [3.63, 3.8) is 0 Å². The van der Waals surface area contributed by atoms with E-state index in [1.807, 2.05) is 0 Å². The summed E-state index contributed by atoms with van der Waals surface area (Å²) in [4.78, 5) is 16.2. The maximum Gasteiger partial charge on any atom is 0.335 e. The summed E-state index contributed by atoms with van der Waals surface area (Å²) >= 11 is 12.9. The summed E-state index contributed by atoms with van der Waals surface area (Å²) in [5.74, 6) is 1.68. The molecule has 1 aliphatic heterocycles. The Morgan fingerprint density at radius 3 is 2.62 bits per heavy atom. The molecule has 4 aromatic rings. The summed E-state index contributed by atoms with van der Waals surface area (Å²) in [6.45, 7) is 2.25. The number of halogens is 2. The van der Waals surface area contributed by atoms with Crippen molar-refractivity contribution in [1.29, 1.82) is 0 Å². The Balaban J connectivity index is 1.29. The maximum atomic E-state index is 11.4. The zero-order valence-corrected chi connectivity index (χ0v) is 21.3. The van der Waals surface area contributed by atoms with Crippen molar-refractivity contribution in [3.8, 4) is 28.6 Å². The average molecular weight is 537 g/mol. The van der Waals surface area contributed by atoms with Crippen LogP contribution in [0.15, 0.2) is 53.1 Å². The van der Waals surface area contributed by atoms with Gasteiger partial charge in [-0.3, -0.25) is 0 Å². The van der Waals surface area contributed by atoms with Crippen LogP contribution in [-0.2, 0) is 13.0 Å². The van der Waals surface area contributed by atoms with Crippen LogP contribution >= 0.6 is 23.2 Å². The van der Waals surface area contributed by atoms with E-state index in [0.717, 1.165) is 35.4 Å². The second-order valence-corrected chi connectivity index (χ2v) is 10.2. The Kier molecular flexibility index (Phi) is 6.05. The van der Waals surface area contributed by atoms with Gasteiger partial charge < -0.3 is 19.1 Å². The summed E-state index contributed by atoms with van der Waals surface area (Å²) in [7, 11) is 0. The van der Waals surface area contributed by atoms with Gasteiger partial charge in [-0.2, -0.15) is 0 Å². The molecular weight excluding hydrogens is 515 g/mol. The van der Waals surface area contributed by atoms with E-state index in [0.29, 0.717) is 51.0 Å². The number of ether oxygens (including phenoxy) is 2. The molecular formula is C28H22Cl2N2O5. The minimum Gasteiger partial charge on any atom is -0.478 e. The van der Waals surface area contributed by atoms with E-state index < -0.39 is 5.97 Å². The van der Waals surface area contributed by atoms with Crippen LogP contribution in [0, 0.1) is 0 Å². The highest BCUT2D eigenvalue weighted by Gasteiger charge is 2.34. The molecule has 1 atom stereocenters. The first kappa shape index (κ1) is 23.8. The fourth-order valence-corrected chi connectivity index (χ4v) is 5.23. The number of fused-ring (bicyclic) bond motifs is 2. The van der Waals surface area contributed by atoms with Crippen LogP contribution in [0.3, 0.4) is 0 Å². The maximum absolute atomic E-state index is 11.4. The van der Waals surface area contributed by atoms with E-state index in [-0.39, 0.29) is 18.1 Å². The van der Waals surface area contributed by atoms with Gasteiger partial charge in [0.25, 0.3) is 0 Å². The summed E-state index contributed by atoms with van der Waals surface area (Å²) in [6.07, 6.45) is 2.73. The van der Waals surface area contributed by atoms with Crippen molar-refractivity contribution in [1.82, 2.24) is 10.1 Å². The molecule has 0 radical (unpaired) electrons. The van der Waals surface area contributed by atoms with Gasteiger partial charge in [-0.1, -0.05) is 47.4 Å². The van der Waals surface area contributed by atoms with Crippen LogP contribution in [-0.4, -0.2) is 21.2 Å². The van der Waals surface area contributed by atoms with Crippen LogP contribution < -0.4 is 9.47 Å². The molecule has 3 heterocycles. The third-order valence-corrected chi connectivity index (χ3v) is 7.35. The summed E-state index contributed by atoms with van der Waals surface area (Å²) in [6, 6.07) is 13.8. The third-order valence-electron chi connectivity index (χ3n) is 6.72. The van der Waals surface area contributed by atoms with Crippen molar-refractivity contribution in [2.75, 3.05) is 0 Å². The molecule has 1 saturated carbocycles. The smallest absolute Gasteiger partial charge is 0.335 e. The highest BCUT2D eigenvalue weighted by molar-refractivity contribution is 6.39. The van der Waals surface area contributed by atoms with Gasteiger partial charge in [0.15, 0.2) is 0 Å². The quantitative estimate of drug-likeness (QED) is 0.270. The molecule has 0 bridgehead atoms. The molecule has 0 spiro atoms. The lowest BCUT2D eigenvalue weighted by atomic mass is 9.97. The lowest BCUT2D eigenvalue weighted by Gasteiger charge is -2.13. The molecule has 188 valence electrons. The highest BCUT2D eigenvalue weighted by Crippen LogP contribution is 2.46. The number of rotatable bonds is 6. The number of carboxylic acid groups (broad SMARTS) is 1. The molecule has 37 heavy (non-hydrogen) atoms. The molecule has 6 rings (SSSR count). The first-order valence-corrected chi connectivity index (χ1v) is 12.7. The molecule has 1 aliphatic carbocycles. The molecule has 0 unspecified atom stereocenters. The molecule has 1 fully saturated rings. The van der Waals surface area contributed by atoms with Crippen molar-refractivity contribution < 1.29 is 23.9 Å². The number of carbonyl (C=O) groups is 1. The topological polar surface area (TPSA) is 94.7 Å². The van der Waals surface area contributed by atoms with Gasteiger partial charge in [0.2, 0.25) is 5.88 Å². The second-order valence-electron chi connectivity index (χ2n) is 9.40. The van der Waals surface area contributed by atoms with E-state index >= 15 is 0 Å². The Morgan fingerprint density at radius 2 is 1.89 bits per heavy atom. The zero-order valence-electron chi connectivity index (χ0n) is 19.8. The zero-order chi connectivity index (χ0) is 25.7. The number of carboxylic acids is 1. The number of hydrogen-bond acceptors (Lipinski definition) is 6. The van der Waals surface area contributed by atoms with Crippen LogP contribution in [0.1, 0.15) is 64.5 Å². The van der Waals surface area contributed by atoms with Crippen LogP contribution in [0.25, 0.3) is 11.3 Å². The van der Waals surface area contributed by atoms with Gasteiger partial charge >= 0.3 is 5.97 Å². The van der Waals surface area contributed by atoms with Gasteiger partial charge in [0.1, 0.15) is 29.6 Å². The first-order chi connectivity index (χ1) is 17.9. The van der Waals surface area contributed by atoms with E-state index in [2.05, 4.69) is 12.1 Å². The number of aromatic nitrogens is 2. The normalized spacial score (nSPS) is 16.4. The first-order valence-electron chi connectivity index (χ1n) is 12.0. The van der Waals surface area contributed by atoms with Crippen molar-refractivity contribution >= 4 is 29.2 Å². The molecule has 7 nitrogen and oxygen atoms in total. The average Bonchev–Trinajstić information content (AvgIpc) is 3.65. The molecule has 0 saturated heterocycles. The Morgan fingerprint density at radius 1 is 1.11 bits per heavy atom. The van der Waals surface area contributed by atoms with Crippen LogP contribution in [0.4, 0.5) is 0 Å². The van der Waals surface area contributed by atoms with Gasteiger partial charge in [0, 0.05) is 23.5 Å². The van der Waals surface area contributed by atoms with Crippen LogP contribution in [0.5, 0.6) is 17.4 Å². The van der Waals surface area contributed by atoms with Crippen LogP contribution in [0.2, 0.25) is 10.0 Å². The minimum atomic E-state index is -0.998. The number of aromatic carboxylic acids is 1. The fraction of sp³-hybridized carbons (Fsp3) is 0.250. The van der Waals surface area contributed by atoms with Crippen molar-refractivity contribution in [2.24, 2.45) is 0 Å². The number of nitrogens with zero attached hydrogens (tertiary/aromatic N) is 2. The highest BCUT2D eigenvalue weighted by atomic mass is 35.5. The molecule has 0 amide bonds. The largest absolute Gasteiger partial charge is 0.478 e. The Labute approximate surface area is 222 Å². The molecule has 9 heteroatoms. The SMILES string of the molecule is C[C@H]1Cc2ccc(C(=O)O)cc2Oc2ccc(OCc3c(-c4c(Cl)cccc4Cl)noc3C3CC3)nc21. The van der Waals surface area contributed by atoms with E-state index in [4.69, 9.17) is 42.2 Å². The number of hydrogen-bond donors (Lipinski definition) is 1. The predicted molar refractivity (Wildman–Crippen MR) is 138 cm³/mol. The van der Waals surface area contributed by atoms with E-state index in [1.165, 1.54) is 0 Å². The fourth-order valence-electron chi connectivity index (χ4n) is 4.65. The second kappa shape index (κ2) is 9.39. The lowest BCUT2D eigenvalue weighted by molar-refractivity contribution is 0.0696. The molecule has 2 aromatic carbocycles. The minimum absolute atomic E-state index is 0.0330. The molecule has 2 aliphatic rings. The predicted octanol–water partition coefficient (Wildman–Crippen LogP) is 7.65. The Hall–Kier alpha value is -3.55. The van der Waals surface area contributed by atoms with Crippen molar-refractivity contribution in [2.45, 2.75) is 44.6 Å². The number of benzene rings is 2. The van der Waals surface area contributed by atoms with E-state index in [1.54, 1.807) is 48.5 Å². The van der Waals surface area contributed by atoms with Gasteiger partial charge in [-0.05, 0) is 55.2 Å². The molecule has 2 aromatic heterocycles. The monoisotopic (exact) mass is 536 g/mol. The van der Waals surface area contributed by atoms with Gasteiger partial charge in [-0.25, -0.2) is 9.78 Å². The van der Waals surface area contributed by atoms with Crippen molar-refractivity contribution in [3.05, 3.63) is 86.7 Å². The van der Waals surface area contributed by atoms with E-state index in [9.17, 15) is 9.90 Å². The van der Waals surface area contributed by atoms with Gasteiger partial charge in [0.05, 0.1) is 26.9 Å². The Bertz CT molecular complexity index is 1510. The standard InChI is InChI=1S/C28H22Cl2N2O5/c1-14-11-16-7-8-17(28(33)34)12-22(16)36-21-9-10-23(31-25(14)21)35-13-18-26(32-37-27(18)15-5-6-15)24-19(29)3-2-4-20(24)30/h2-4,7-10,12,14-15H,5-6,11,13H2,1H3,(H,33,34)/t14-/m0/s1. The molecule has 1 N–H and O–H groups in total. The van der Waals surface area contributed by atoms with Gasteiger partial charge in [-0.15, -0.1) is 0 Å². The number of pyridine rings is 1. The summed E-state index contributed by atoms with van der Waals surface area (Å²) in [5, 5.41) is 14.6. The lowest BCUT2D eigenvalue weighted by Crippen LogP contribution is -2.04. The third kappa shape index (κ3) is 4.54.